The molecule has 1 heterocycles. The lowest BCUT2D eigenvalue weighted by atomic mass is 10.1. The zero-order chi connectivity index (χ0) is 21.5. The number of thioether (sulfide) groups is 1. The van der Waals surface area contributed by atoms with E-state index in [4.69, 9.17) is 5.11 Å². The molecular formula is C22H22FN3O3S. The van der Waals surface area contributed by atoms with Crippen LogP contribution in [0.5, 0.6) is 0 Å². The van der Waals surface area contributed by atoms with Crippen LogP contribution in [-0.2, 0) is 17.8 Å². The molecule has 0 amide bonds. The van der Waals surface area contributed by atoms with Crippen molar-refractivity contribution in [1.82, 2.24) is 9.55 Å². The molecule has 6 nitrogen and oxygen atoms in total. The summed E-state index contributed by atoms with van der Waals surface area (Å²) in [4.78, 5) is 33.1. The van der Waals surface area contributed by atoms with Gasteiger partial charge in [0.05, 0.1) is 28.7 Å². The van der Waals surface area contributed by atoms with Crippen LogP contribution in [0.15, 0.2) is 52.3 Å². The van der Waals surface area contributed by atoms with Crippen molar-refractivity contribution >= 4 is 34.2 Å². The first-order valence-corrected chi connectivity index (χ1v) is 10.7. The smallest absolute Gasteiger partial charge is 0.303 e. The molecule has 0 fully saturated rings. The van der Waals surface area contributed by atoms with E-state index in [0.717, 1.165) is 11.3 Å². The van der Waals surface area contributed by atoms with Crippen LogP contribution in [0.2, 0.25) is 0 Å². The number of carboxylic acid groups (broad SMARTS) is 1. The van der Waals surface area contributed by atoms with Crippen molar-refractivity contribution in [3.05, 3.63) is 70.0 Å². The largest absolute Gasteiger partial charge is 0.481 e. The van der Waals surface area contributed by atoms with Gasteiger partial charge in [0.1, 0.15) is 11.6 Å². The Morgan fingerprint density at radius 3 is 2.73 bits per heavy atom. The molecule has 3 rings (SSSR count). The minimum Gasteiger partial charge on any atom is -0.481 e. The van der Waals surface area contributed by atoms with Gasteiger partial charge in [-0.3, -0.25) is 19.1 Å². The summed E-state index contributed by atoms with van der Waals surface area (Å²) in [5.41, 5.74) is 3.50. The average Bonchev–Trinajstić information content (AvgIpc) is 2.72. The predicted octanol–water partition coefficient (Wildman–Crippen LogP) is 4.21. The van der Waals surface area contributed by atoms with Gasteiger partial charge in [-0.1, -0.05) is 13.0 Å². The Morgan fingerprint density at radius 2 is 2.03 bits per heavy atom. The summed E-state index contributed by atoms with van der Waals surface area (Å²) in [5, 5.41) is 9.39. The third-order valence-corrected chi connectivity index (χ3v) is 5.10. The summed E-state index contributed by atoms with van der Waals surface area (Å²) in [6.45, 7) is 2.54. The predicted molar refractivity (Wildman–Crippen MR) is 118 cm³/mol. The van der Waals surface area contributed by atoms with Gasteiger partial charge in [-0.2, -0.15) is 0 Å². The molecule has 0 spiro atoms. The zero-order valence-electron chi connectivity index (χ0n) is 16.5. The van der Waals surface area contributed by atoms with E-state index >= 15 is 0 Å². The number of hydrogen-bond donors (Lipinski definition) is 1. The molecule has 2 aromatic carbocycles. The summed E-state index contributed by atoms with van der Waals surface area (Å²) >= 11 is 1.61. The molecule has 8 heteroatoms. The van der Waals surface area contributed by atoms with E-state index in [2.05, 4.69) is 16.9 Å². The molecule has 0 saturated carbocycles. The number of benzene rings is 2. The van der Waals surface area contributed by atoms with Gasteiger partial charge < -0.3 is 5.11 Å². The number of rotatable bonds is 9. The van der Waals surface area contributed by atoms with Crippen LogP contribution in [0.4, 0.5) is 4.39 Å². The van der Waals surface area contributed by atoms with Gasteiger partial charge in [0.2, 0.25) is 0 Å². The number of fused-ring (bicyclic) bond motifs is 1. The van der Waals surface area contributed by atoms with Gasteiger partial charge in [-0.25, -0.2) is 9.37 Å². The van der Waals surface area contributed by atoms with Crippen LogP contribution >= 0.6 is 11.8 Å². The fraction of sp³-hybridized carbons (Fsp3) is 0.273. The average molecular weight is 428 g/mol. The molecule has 1 N–H and O–H groups in total. The van der Waals surface area contributed by atoms with Crippen molar-refractivity contribution in [2.75, 3.05) is 5.75 Å². The van der Waals surface area contributed by atoms with E-state index in [0.29, 0.717) is 41.8 Å². The van der Waals surface area contributed by atoms with Crippen molar-refractivity contribution in [3.8, 4) is 5.69 Å². The van der Waals surface area contributed by atoms with E-state index in [1.807, 2.05) is 17.7 Å². The summed E-state index contributed by atoms with van der Waals surface area (Å²) in [5.74, 6) is 0.0873. The van der Waals surface area contributed by atoms with Gasteiger partial charge in [-0.05, 0) is 54.1 Å². The molecule has 0 aliphatic carbocycles. The Hall–Kier alpha value is -3.00. The molecule has 1 aromatic heterocycles. The number of carboxylic acids is 1. The first-order chi connectivity index (χ1) is 14.5. The summed E-state index contributed by atoms with van der Waals surface area (Å²) in [6.07, 6.45) is 0.623. The summed E-state index contributed by atoms with van der Waals surface area (Å²) < 4.78 is 14.8. The SMILES string of the molecule is CCSC=NCc1ccc2c(=O)n(-c3ccc(F)cc3)c(CCCC(=O)O)nc2c1. The number of nitrogens with zero attached hydrogens (tertiary/aromatic N) is 3. The van der Waals surface area contributed by atoms with Crippen LogP contribution < -0.4 is 5.56 Å². The number of halogens is 1. The quantitative estimate of drug-likeness (QED) is 0.408. The fourth-order valence-electron chi connectivity index (χ4n) is 3.07. The van der Waals surface area contributed by atoms with Gasteiger partial charge in [-0.15, -0.1) is 11.8 Å². The second-order valence-corrected chi connectivity index (χ2v) is 7.77. The molecule has 0 bridgehead atoms. The van der Waals surface area contributed by atoms with Crippen molar-refractivity contribution in [1.29, 1.82) is 0 Å². The molecule has 0 atom stereocenters. The fourth-order valence-corrected chi connectivity index (χ4v) is 3.40. The second-order valence-electron chi connectivity index (χ2n) is 6.65. The van der Waals surface area contributed by atoms with Crippen LogP contribution in [0.25, 0.3) is 16.6 Å². The maximum atomic E-state index is 13.4. The van der Waals surface area contributed by atoms with Crippen LogP contribution in [0, 0.1) is 5.82 Å². The van der Waals surface area contributed by atoms with Gasteiger partial charge in [0, 0.05) is 12.8 Å². The van der Waals surface area contributed by atoms with E-state index < -0.39 is 11.8 Å². The highest BCUT2D eigenvalue weighted by Gasteiger charge is 2.14. The molecule has 0 saturated heterocycles. The van der Waals surface area contributed by atoms with Crippen molar-refractivity contribution in [2.24, 2.45) is 4.99 Å². The highest BCUT2D eigenvalue weighted by molar-refractivity contribution is 8.12. The Bertz CT molecular complexity index is 1130. The van der Waals surface area contributed by atoms with Crippen LogP contribution in [-0.4, -0.2) is 31.9 Å². The second kappa shape index (κ2) is 10.2. The molecule has 0 unspecified atom stereocenters. The highest BCUT2D eigenvalue weighted by Crippen LogP contribution is 2.17. The van der Waals surface area contributed by atoms with Gasteiger partial charge in [0.25, 0.3) is 5.56 Å². The van der Waals surface area contributed by atoms with Crippen molar-refractivity contribution in [2.45, 2.75) is 32.7 Å². The van der Waals surface area contributed by atoms with Crippen LogP contribution in [0.3, 0.4) is 0 Å². The summed E-state index contributed by atoms with van der Waals surface area (Å²) in [7, 11) is 0. The standard InChI is InChI=1S/C22H22FN3O3S/c1-2-30-14-24-13-15-6-11-18-19(12-15)25-20(4-3-5-21(27)28)26(22(18)29)17-9-7-16(23)8-10-17/h6-12,14H,2-5,13H2,1H3,(H,27,28). The first kappa shape index (κ1) is 21.7. The minimum absolute atomic E-state index is 0.0266. The third kappa shape index (κ3) is 5.33. The monoisotopic (exact) mass is 427 g/mol. The Kier molecular flexibility index (Phi) is 7.35. The lowest BCUT2D eigenvalue weighted by Gasteiger charge is -2.14. The first-order valence-electron chi connectivity index (χ1n) is 9.61. The van der Waals surface area contributed by atoms with E-state index in [1.165, 1.54) is 28.8 Å². The molecule has 156 valence electrons. The maximum absolute atomic E-state index is 13.4. The lowest BCUT2D eigenvalue weighted by molar-refractivity contribution is -0.137. The number of aliphatic carboxylic acids is 1. The van der Waals surface area contributed by atoms with Crippen molar-refractivity contribution < 1.29 is 14.3 Å². The molecule has 0 radical (unpaired) electrons. The van der Waals surface area contributed by atoms with E-state index in [1.54, 1.807) is 17.8 Å². The summed E-state index contributed by atoms with van der Waals surface area (Å²) in [6, 6.07) is 11.0. The molecule has 30 heavy (non-hydrogen) atoms. The lowest BCUT2D eigenvalue weighted by Crippen LogP contribution is -2.24. The van der Waals surface area contributed by atoms with Crippen molar-refractivity contribution in [3.63, 3.8) is 0 Å². The maximum Gasteiger partial charge on any atom is 0.303 e. The van der Waals surface area contributed by atoms with Gasteiger partial charge in [0.15, 0.2) is 0 Å². The molecule has 3 aromatic rings. The number of carbonyl (C=O) groups is 1. The van der Waals surface area contributed by atoms with E-state index in [9.17, 15) is 14.0 Å². The molecular weight excluding hydrogens is 405 g/mol. The van der Waals surface area contributed by atoms with E-state index in [-0.39, 0.29) is 12.0 Å². The Labute approximate surface area is 177 Å². The normalized spacial score (nSPS) is 11.4. The topological polar surface area (TPSA) is 84.5 Å². The molecule has 0 aliphatic rings. The highest BCUT2D eigenvalue weighted by atomic mass is 32.2. The van der Waals surface area contributed by atoms with Crippen LogP contribution in [0.1, 0.15) is 31.2 Å². The van der Waals surface area contributed by atoms with Gasteiger partial charge >= 0.3 is 5.97 Å². The number of aryl methyl sites for hydroxylation is 1. The molecule has 0 aliphatic heterocycles. The zero-order valence-corrected chi connectivity index (χ0v) is 17.4. The third-order valence-electron chi connectivity index (χ3n) is 4.47. The number of hydrogen-bond acceptors (Lipinski definition) is 5. The Balaban J connectivity index is 2.05. The Morgan fingerprint density at radius 1 is 1.27 bits per heavy atom. The minimum atomic E-state index is -0.906. The number of aliphatic imine (C=N–C) groups is 1. The number of aromatic nitrogens is 2.